The number of carbonyl (C=O) groups is 1. The summed E-state index contributed by atoms with van der Waals surface area (Å²) < 4.78 is 0. The standard InChI is InChI=1S/C18H18O/c1-18(15-19,17-12-6-3-7-13-17)14-8-11-16-9-4-2-5-10-16/h2-13,15H,14H2,1H3/b11-8-/t18-/m1/s1. The van der Waals surface area contributed by atoms with E-state index < -0.39 is 5.41 Å². The van der Waals surface area contributed by atoms with Crippen molar-refractivity contribution in [2.75, 3.05) is 0 Å². The molecule has 0 aliphatic rings. The predicted octanol–water partition coefficient (Wildman–Crippen LogP) is 4.25. The molecule has 0 aliphatic carbocycles. The zero-order valence-corrected chi connectivity index (χ0v) is 11.1. The molecule has 2 aromatic rings. The fourth-order valence-electron chi connectivity index (χ4n) is 2.06. The van der Waals surface area contributed by atoms with Crippen LogP contribution < -0.4 is 0 Å². The molecule has 0 saturated heterocycles. The molecule has 1 atom stereocenters. The highest BCUT2D eigenvalue weighted by Crippen LogP contribution is 2.26. The summed E-state index contributed by atoms with van der Waals surface area (Å²) in [6.45, 7) is 1.98. The monoisotopic (exact) mass is 250 g/mol. The number of hydrogen-bond donors (Lipinski definition) is 0. The summed E-state index contributed by atoms with van der Waals surface area (Å²) in [6, 6.07) is 20.0. The van der Waals surface area contributed by atoms with Crippen LogP contribution in [-0.4, -0.2) is 6.29 Å². The minimum atomic E-state index is -0.452. The van der Waals surface area contributed by atoms with E-state index in [0.29, 0.717) is 6.42 Å². The van der Waals surface area contributed by atoms with Gasteiger partial charge < -0.3 is 4.79 Å². The van der Waals surface area contributed by atoms with Crippen LogP contribution >= 0.6 is 0 Å². The van der Waals surface area contributed by atoms with E-state index in [9.17, 15) is 4.79 Å². The lowest BCUT2D eigenvalue weighted by atomic mass is 9.81. The van der Waals surface area contributed by atoms with Gasteiger partial charge in [0.05, 0.1) is 5.41 Å². The van der Waals surface area contributed by atoms with Gasteiger partial charge in [0.25, 0.3) is 0 Å². The number of carbonyl (C=O) groups excluding carboxylic acids is 1. The van der Waals surface area contributed by atoms with Gasteiger partial charge in [0.15, 0.2) is 0 Å². The van der Waals surface area contributed by atoms with E-state index in [1.807, 2.05) is 55.5 Å². The first-order chi connectivity index (χ1) is 9.24. The molecular weight excluding hydrogens is 232 g/mol. The quantitative estimate of drug-likeness (QED) is 0.725. The van der Waals surface area contributed by atoms with E-state index in [-0.39, 0.29) is 0 Å². The molecule has 2 aromatic carbocycles. The van der Waals surface area contributed by atoms with Gasteiger partial charge in [-0.25, -0.2) is 0 Å². The van der Waals surface area contributed by atoms with Crippen molar-refractivity contribution in [1.29, 1.82) is 0 Å². The van der Waals surface area contributed by atoms with Crippen LogP contribution in [0, 0.1) is 0 Å². The average molecular weight is 250 g/mol. The molecular formula is C18H18O. The molecule has 2 rings (SSSR count). The Bertz CT molecular complexity index is 542. The third-order valence-corrected chi connectivity index (χ3v) is 3.35. The van der Waals surface area contributed by atoms with Crippen molar-refractivity contribution < 1.29 is 4.79 Å². The number of allylic oxidation sites excluding steroid dienone is 1. The number of hydrogen-bond acceptors (Lipinski definition) is 1. The topological polar surface area (TPSA) is 17.1 Å². The normalized spacial score (nSPS) is 14.2. The first-order valence-corrected chi connectivity index (χ1v) is 6.48. The second-order valence-corrected chi connectivity index (χ2v) is 4.92. The maximum Gasteiger partial charge on any atom is 0.130 e. The number of benzene rings is 2. The van der Waals surface area contributed by atoms with Gasteiger partial charge in [0.1, 0.15) is 6.29 Å². The summed E-state index contributed by atoms with van der Waals surface area (Å²) in [7, 11) is 0. The Hall–Kier alpha value is -2.15. The number of aldehydes is 1. The van der Waals surface area contributed by atoms with Crippen LogP contribution in [0.15, 0.2) is 66.7 Å². The van der Waals surface area contributed by atoms with Crippen LogP contribution in [-0.2, 0) is 10.2 Å². The van der Waals surface area contributed by atoms with Crippen molar-refractivity contribution in [3.63, 3.8) is 0 Å². The highest BCUT2D eigenvalue weighted by Gasteiger charge is 2.23. The van der Waals surface area contributed by atoms with Gasteiger partial charge in [-0.1, -0.05) is 72.8 Å². The lowest BCUT2D eigenvalue weighted by molar-refractivity contribution is -0.112. The molecule has 19 heavy (non-hydrogen) atoms. The van der Waals surface area contributed by atoms with Gasteiger partial charge in [-0.2, -0.15) is 0 Å². The van der Waals surface area contributed by atoms with Crippen molar-refractivity contribution in [3.05, 3.63) is 77.9 Å². The summed E-state index contributed by atoms with van der Waals surface area (Å²) >= 11 is 0. The van der Waals surface area contributed by atoms with Crippen molar-refractivity contribution >= 4 is 12.4 Å². The molecule has 0 bridgehead atoms. The highest BCUT2D eigenvalue weighted by atomic mass is 16.1. The number of rotatable bonds is 5. The second kappa shape index (κ2) is 6.14. The smallest absolute Gasteiger partial charge is 0.130 e. The average Bonchev–Trinajstić information content (AvgIpc) is 2.49. The van der Waals surface area contributed by atoms with Crippen LogP contribution in [0.2, 0.25) is 0 Å². The van der Waals surface area contributed by atoms with Gasteiger partial charge in [0, 0.05) is 0 Å². The van der Waals surface area contributed by atoms with E-state index in [1.54, 1.807) is 0 Å². The molecule has 1 nitrogen and oxygen atoms in total. The van der Waals surface area contributed by atoms with Gasteiger partial charge >= 0.3 is 0 Å². The van der Waals surface area contributed by atoms with E-state index in [1.165, 1.54) is 0 Å². The molecule has 0 spiro atoms. The Kier molecular flexibility index (Phi) is 4.30. The van der Waals surface area contributed by atoms with Crippen molar-refractivity contribution in [2.24, 2.45) is 0 Å². The molecule has 0 N–H and O–H groups in total. The van der Waals surface area contributed by atoms with Crippen LogP contribution in [0.3, 0.4) is 0 Å². The third kappa shape index (κ3) is 3.41. The highest BCUT2D eigenvalue weighted by molar-refractivity contribution is 5.68. The lowest BCUT2D eigenvalue weighted by Crippen LogP contribution is -2.22. The van der Waals surface area contributed by atoms with Gasteiger partial charge in [-0.05, 0) is 24.5 Å². The lowest BCUT2D eigenvalue weighted by Gasteiger charge is -2.21. The summed E-state index contributed by atoms with van der Waals surface area (Å²) in [4.78, 5) is 11.4. The maximum atomic E-state index is 11.4. The molecule has 0 heterocycles. The molecule has 0 amide bonds. The Balaban J connectivity index is 2.12. The second-order valence-electron chi connectivity index (χ2n) is 4.92. The van der Waals surface area contributed by atoms with Crippen LogP contribution in [0.25, 0.3) is 6.08 Å². The Morgan fingerprint density at radius 1 is 0.947 bits per heavy atom. The van der Waals surface area contributed by atoms with Gasteiger partial charge in [0.2, 0.25) is 0 Å². The fraction of sp³-hybridized carbons (Fsp3) is 0.167. The van der Waals surface area contributed by atoms with Crippen molar-refractivity contribution in [1.82, 2.24) is 0 Å². The molecule has 0 aromatic heterocycles. The Morgan fingerprint density at radius 3 is 2.11 bits per heavy atom. The minimum Gasteiger partial charge on any atom is -0.302 e. The molecule has 0 saturated carbocycles. The summed E-state index contributed by atoms with van der Waals surface area (Å²) in [6.07, 6.45) is 5.87. The largest absolute Gasteiger partial charge is 0.302 e. The first kappa shape index (κ1) is 13.3. The van der Waals surface area contributed by atoms with E-state index >= 15 is 0 Å². The summed E-state index contributed by atoms with van der Waals surface area (Å²) in [5, 5.41) is 0. The van der Waals surface area contributed by atoms with E-state index in [0.717, 1.165) is 17.4 Å². The zero-order valence-electron chi connectivity index (χ0n) is 11.1. The SMILES string of the molecule is C[C@](C=O)(C/C=C\c1ccccc1)c1ccccc1. The van der Waals surface area contributed by atoms with Crippen LogP contribution in [0.1, 0.15) is 24.5 Å². The first-order valence-electron chi connectivity index (χ1n) is 6.48. The van der Waals surface area contributed by atoms with Gasteiger partial charge in [-0.15, -0.1) is 0 Å². The van der Waals surface area contributed by atoms with E-state index in [2.05, 4.69) is 24.3 Å². The minimum absolute atomic E-state index is 0.452. The molecule has 1 heteroatoms. The van der Waals surface area contributed by atoms with Crippen molar-refractivity contribution in [3.8, 4) is 0 Å². The Labute approximate surface area is 114 Å². The van der Waals surface area contributed by atoms with Gasteiger partial charge in [-0.3, -0.25) is 0 Å². The molecule has 0 radical (unpaired) electrons. The maximum absolute atomic E-state index is 11.4. The zero-order chi connectivity index (χ0) is 13.6. The molecule has 0 unspecified atom stereocenters. The van der Waals surface area contributed by atoms with E-state index in [4.69, 9.17) is 0 Å². The predicted molar refractivity (Wildman–Crippen MR) is 80.0 cm³/mol. The van der Waals surface area contributed by atoms with Crippen LogP contribution in [0.4, 0.5) is 0 Å². The summed E-state index contributed by atoms with van der Waals surface area (Å²) in [5.41, 5.74) is 1.76. The van der Waals surface area contributed by atoms with Crippen molar-refractivity contribution in [2.45, 2.75) is 18.8 Å². The molecule has 0 fully saturated rings. The molecule has 0 aliphatic heterocycles. The summed E-state index contributed by atoms with van der Waals surface area (Å²) in [5.74, 6) is 0. The molecule has 96 valence electrons. The Morgan fingerprint density at radius 2 is 1.53 bits per heavy atom. The third-order valence-electron chi connectivity index (χ3n) is 3.35. The van der Waals surface area contributed by atoms with Crippen LogP contribution in [0.5, 0.6) is 0 Å². The fourth-order valence-corrected chi connectivity index (χ4v) is 2.06.